The molecule has 0 bridgehead atoms. The number of nitro benzene ring substituents is 1. The minimum atomic E-state index is -3.81. The Morgan fingerprint density at radius 3 is 2.77 bits per heavy atom. The second-order valence-corrected chi connectivity index (χ2v) is 7.00. The molecule has 9 heteroatoms. The molecule has 0 amide bonds. The molecule has 0 spiro atoms. The van der Waals surface area contributed by atoms with Crippen molar-refractivity contribution < 1.29 is 18.1 Å². The van der Waals surface area contributed by atoms with Crippen LogP contribution < -0.4 is 14.8 Å². The van der Waals surface area contributed by atoms with Crippen molar-refractivity contribution in [1.29, 1.82) is 0 Å². The first-order chi connectivity index (χ1) is 10.3. The first-order valence-corrected chi connectivity index (χ1v) is 8.39. The zero-order chi connectivity index (χ0) is 16.3. The average Bonchev–Trinajstić information content (AvgIpc) is 2.48. The molecule has 1 aliphatic rings. The van der Waals surface area contributed by atoms with Crippen LogP contribution in [0.3, 0.4) is 0 Å². The SMILES string of the molecule is COc1ccc(S(=O)(=O)NC2CCNCC2C)cc1[N+](=O)[O-]. The van der Waals surface area contributed by atoms with Gasteiger partial charge in [0, 0.05) is 12.1 Å². The molecule has 0 radical (unpaired) electrons. The third-order valence-corrected chi connectivity index (χ3v) is 5.24. The number of sulfonamides is 1. The minimum absolute atomic E-state index is 0.0270. The molecule has 2 atom stereocenters. The van der Waals surface area contributed by atoms with Crippen molar-refractivity contribution in [2.75, 3.05) is 20.2 Å². The van der Waals surface area contributed by atoms with Crippen molar-refractivity contribution in [1.82, 2.24) is 10.0 Å². The van der Waals surface area contributed by atoms with Gasteiger partial charge in [0.2, 0.25) is 10.0 Å². The third kappa shape index (κ3) is 3.54. The van der Waals surface area contributed by atoms with E-state index in [0.29, 0.717) is 6.42 Å². The van der Waals surface area contributed by atoms with Crippen LogP contribution in [-0.2, 0) is 10.0 Å². The second-order valence-electron chi connectivity index (χ2n) is 5.29. The maximum Gasteiger partial charge on any atom is 0.312 e. The van der Waals surface area contributed by atoms with E-state index in [-0.39, 0.29) is 28.3 Å². The summed E-state index contributed by atoms with van der Waals surface area (Å²) in [6, 6.07) is 3.43. The second kappa shape index (κ2) is 6.59. The number of benzene rings is 1. The molecular formula is C13H19N3O5S. The molecule has 1 heterocycles. The summed E-state index contributed by atoms with van der Waals surface area (Å²) in [6.45, 7) is 3.42. The smallest absolute Gasteiger partial charge is 0.312 e. The maximum atomic E-state index is 12.4. The Hall–Kier alpha value is -1.71. The highest BCUT2D eigenvalue weighted by Gasteiger charge is 2.28. The maximum absolute atomic E-state index is 12.4. The van der Waals surface area contributed by atoms with Crippen LogP contribution in [0, 0.1) is 16.0 Å². The molecule has 22 heavy (non-hydrogen) atoms. The number of nitrogens with zero attached hydrogens (tertiary/aromatic N) is 1. The summed E-state index contributed by atoms with van der Waals surface area (Å²) in [5.74, 6) is 0.177. The Labute approximate surface area is 129 Å². The fourth-order valence-electron chi connectivity index (χ4n) is 2.44. The van der Waals surface area contributed by atoms with Gasteiger partial charge < -0.3 is 10.1 Å². The monoisotopic (exact) mass is 329 g/mol. The van der Waals surface area contributed by atoms with Gasteiger partial charge in [-0.1, -0.05) is 6.92 Å². The lowest BCUT2D eigenvalue weighted by atomic mass is 9.97. The number of ether oxygens (including phenoxy) is 1. The van der Waals surface area contributed by atoms with Crippen LogP contribution in [0.25, 0.3) is 0 Å². The van der Waals surface area contributed by atoms with Crippen LogP contribution in [0.1, 0.15) is 13.3 Å². The van der Waals surface area contributed by atoms with Gasteiger partial charge in [-0.15, -0.1) is 0 Å². The Morgan fingerprint density at radius 1 is 1.45 bits per heavy atom. The molecule has 8 nitrogen and oxygen atoms in total. The van der Waals surface area contributed by atoms with E-state index in [2.05, 4.69) is 10.0 Å². The van der Waals surface area contributed by atoms with E-state index in [1.807, 2.05) is 6.92 Å². The van der Waals surface area contributed by atoms with Crippen LogP contribution in [-0.4, -0.2) is 39.6 Å². The van der Waals surface area contributed by atoms with Crippen LogP contribution in [0.15, 0.2) is 23.1 Å². The largest absolute Gasteiger partial charge is 0.490 e. The van der Waals surface area contributed by atoms with E-state index in [4.69, 9.17) is 4.74 Å². The fourth-order valence-corrected chi connectivity index (χ4v) is 3.83. The van der Waals surface area contributed by atoms with Crippen LogP contribution in [0.2, 0.25) is 0 Å². The Balaban J connectivity index is 2.29. The number of nitro groups is 1. The predicted molar refractivity (Wildman–Crippen MR) is 80.4 cm³/mol. The van der Waals surface area contributed by atoms with Crippen molar-refractivity contribution in [3.8, 4) is 5.75 Å². The lowest BCUT2D eigenvalue weighted by molar-refractivity contribution is -0.386. The molecule has 1 aromatic carbocycles. The molecule has 1 fully saturated rings. The van der Waals surface area contributed by atoms with Gasteiger partial charge in [-0.2, -0.15) is 0 Å². The Morgan fingerprint density at radius 2 is 2.18 bits per heavy atom. The standard InChI is InChI=1S/C13H19N3O5S/c1-9-8-14-6-5-11(9)15-22(19,20)10-3-4-13(21-2)12(7-10)16(17)18/h3-4,7,9,11,14-15H,5-6,8H2,1-2H3. The van der Waals surface area contributed by atoms with Crippen molar-refractivity contribution in [2.24, 2.45) is 5.92 Å². The number of nitrogens with one attached hydrogen (secondary N) is 2. The van der Waals surface area contributed by atoms with Gasteiger partial charge >= 0.3 is 5.69 Å². The molecule has 0 saturated carbocycles. The van der Waals surface area contributed by atoms with Gasteiger partial charge in [-0.3, -0.25) is 10.1 Å². The van der Waals surface area contributed by atoms with E-state index in [1.165, 1.54) is 19.2 Å². The fraction of sp³-hybridized carbons (Fsp3) is 0.538. The van der Waals surface area contributed by atoms with E-state index in [1.54, 1.807) is 0 Å². The van der Waals surface area contributed by atoms with Crippen LogP contribution >= 0.6 is 0 Å². The number of piperidine rings is 1. The third-order valence-electron chi connectivity index (χ3n) is 3.75. The minimum Gasteiger partial charge on any atom is -0.490 e. The Kier molecular flexibility index (Phi) is 4.99. The van der Waals surface area contributed by atoms with Gasteiger partial charge in [0.15, 0.2) is 5.75 Å². The van der Waals surface area contributed by atoms with Crippen molar-refractivity contribution in [2.45, 2.75) is 24.3 Å². The summed E-state index contributed by atoms with van der Waals surface area (Å²) >= 11 is 0. The quantitative estimate of drug-likeness (QED) is 0.613. The Bertz CT molecular complexity index is 662. The number of hydrogen-bond donors (Lipinski definition) is 2. The molecule has 1 aliphatic heterocycles. The molecule has 2 unspecified atom stereocenters. The highest BCUT2D eigenvalue weighted by Crippen LogP contribution is 2.29. The highest BCUT2D eigenvalue weighted by molar-refractivity contribution is 7.89. The van der Waals surface area contributed by atoms with E-state index < -0.39 is 14.9 Å². The average molecular weight is 329 g/mol. The van der Waals surface area contributed by atoms with Gasteiger partial charge in [-0.05, 0) is 37.6 Å². The first-order valence-electron chi connectivity index (χ1n) is 6.90. The van der Waals surface area contributed by atoms with Crippen molar-refractivity contribution in [3.63, 3.8) is 0 Å². The molecule has 122 valence electrons. The van der Waals surface area contributed by atoms with Crippen molar-refractivity contribution >= 4 is 15.7 Å². The summed E-state index contributed by atoms with van der Waals surface area (Å²) in [6.07, 6.45) is 0.679. The molecule has 1 saturated heterocycles. The highest BCUT2D eigenvalue weighted by atomic mass is 32.2. The summed E-state index contributed by atoms with van der Waals surface area (Å²) in [4.78, 5) is 10.2. The number of hydrogen-bond acceptors (Lipinski definition) is 6. The zero-order valence-corrected chi connectivity index (χ0v) is 13.2. The van der Waals surface area contributed by atoms with Crippen LogP contribution in [0.5, 0.6) is 5.75 Å². The molecular weight excluding hydrogens is 310 g/mol. The van der Waals surface area contributed by atoms with Gasteiger partial charge in [0.25, 0.3) is 0 Å². The summed E-state index contributed by atoms with van der Waals surface area (Å²) in [7, 11) is -2.51. The number of methoxy groups -OCH3 is 1. The van der Waals surface area contributed by atoms with Crippen molar-refractivity contribution in [3.05, 3.63) is 28.3 Å². The van der Waals surface area contributed by atoms with E-state index in [9.17, 15) is 18.5 Å². The number of rotatable bonds is 5. The van der Waals surface area contributed by atoms with E-state index >= 15 is 0 Å². The first kappa shape index (κ1) is 16.7. The van der Waals surface area contributed by atoms with E-state index in [0.717, 1.165) is 19.2 Å². The molecule has 0 aromatic heterocycles. The van der Waals surface area contributed by atoms with Crippen LogP contribution in [0.4, 0.5) is 5.69 Å². The molecule has 2 rings (SSSR count). The van der Waals surface area contributed by atoms with Gasteiger partial charge in [-0.25, -0.2) is 13.1 Å². The normalized spacial score (nSPS) is 22.3. The summed E-state index contributed by atoms with van der Waals surface area (Å²) in [5.41, 5.74) is -0.372. The summed E-state index contributed by atoms with van der Waals surface area (Å²) in [5, 5.41) is 14.2. The predicted octanol–water partition coefficient (Wildman–Crippen LogP) is 0.880. The topological polar surface area (TPSA) is 111 Å². The lowest BCUT2D eigenvalue weighted by Crippen LogP contribution is -2.48. The molecule has 0 aliphatic carbocycles. The van der Waals surface area contributed by atoms with Gasteiger partial charge in [0.1, 0.15) is 0 Å². The molecule has 2 N–H and O–H groups in total. The lowest BCUT2D eigenvalue weighted by Gasteiger charge is -2.29. The van der Waals surface area contributed by atoms with Gasteiger partial charge in [0.05, 0.1) is 16.9 Å². The zero-order valence-electron chi connectivity index (χ0n) is 12.4. The molecule has 1 aromatic rings. The summed E-state index contributed by atoms with van der Waals surface area (Å²) < 4.78 is 32.4.